The minimum atomic E-state index is -5.80. The van der Waals surface area contributed by atoms with Crippen molar-refractivity contribution in [3.8, 4) is 21.1 Å². The van der Waals surface area contributed by atoms with Gasteiger partial charge in [-0.2, -0.15) is 26.3 Å². The third-order valence-corrected chi connectivity index (χ3v) is 8.53. The molecule has 1 aliphatic rings. The van der Waals surface area contributed by atoms with Crippen LogP contribution in [-0.2, 0) is 0 Å². The molecule has 1 aliphatic carbocycles. The molecule has 0 unspecified atom stereocenters. The summed E-state index contributed by atoms with van der Waals surface area (Å²) in [6, 6.07) is 10.3. The number of allylic oxidation sites excluding steroid dienone is 2. The van der Waals surface area contributed by atoms with Gasteiger partial charge in [0.05, 0.1) is 33.7 Å². The molecule has 0 radical (unpaired) electrons. The summed E-state index contributed by atoms with van der Waals surface area (Å²) in [6.45, 7) is 2.56. The molecule has 2 N–H and O–H groups in total. The second-order valence-electron chi connectivity index (χ2n) is 9.09. The van der Waals surface area contributed by atoms with Gasteiger partial charge in [-0.05, 0) is 38.1 Å². The number of alkyl halides is 6. The van der Waals surface area contributed by atoms with Gasteiger partial charge in [0.1, 0.15) is 10.0 Å². The highest BCUT2D eigenvalue weighted by Gasteiger charge is 2.81. The average molecular weight is 611 g/mol. The first-order chi connectivity index (χ1) is 19.1. The van der Waals surface area contributed by atoms with Crippen LogP contribution in [0.4, 0.5) is 26.3 Å². The summed E-state index contributed by atoms with van der Waals surface area (Å²) in [5.41, 5.74) is -4.37. The van der Waals surface area contributed by atoms with E-state index in [9.17, 15) is 18.4 Å². The monoisotopic (exact) mass is 610 g/mol. The Hall–Kier alpha value is -4.04. The lowest BCUT2D eigenvalue weighted by Gasteiger charge is -2.25. The van der Waals surface area contributed by atoms with E-state index in [1.165, 1.54) is 62.4 Å². The average Bonchev–Trinajstić information content (AvgIpc) is 3.51. The van der Waals surface area contributed by atoms with Crippen molar-refractivity contribution >= 4 is 45.8 Å². The number of rotatable bonds is 6. The van der Waals surface area contributed by atoms with E-state index in [1.807, 2.05) is 0 Å². The number of hydrogen-bond acceptors (Lipinski definition) is 6. The zero-order valence-electron chi connectivity index (χ0n) is 20.8. The SMILES string of the molecule is Cc1sc(-c2ccc(C(=O)O)cc2)nc1C1=C(c2nc(-c3ccc(C(=O)O)cc3)sc2C)C(F)(F)C(F)(F)C1(F)F. The van der Waals surface area contributed by atoms with Crippen LogP contribution in [0.15, 0.2) is 48.5 Å². The maximum absolute atomic E-state index is 15.4. The quantitative estimate of drug-likeness (QED) is 0.216. The highest BCUT2D eigenvalue weighted by Crippen LogP contribution is 2.65. The Labute approximate surface area is 235 Å². The molecule has 0 saturated carbocycles. The molecule has 5 rings (SSSR count). The fourth-order valence-electron chi connectivity index (χ4n) is 4.37. The molecular weight excluding hydrogens is 594 g/mol. The normalized spacial score (nSPS) is 17.2. The highest BCUT2D eigenvalue weighted by atomic mass is 32.1. The number of aromatic carboxylic acids is 2. The standard InChI is InChI=1S/C27H16F6N2O4S2/c1-11-19(34-21(40-11)13-3-7-15(8-4-13)23(36)37)17-18(26(30,31)27(32,33)25(17,28)29)20-12(2)41-22(35-20)14-5-9-16(10-6-14)24(38)39/h3-10H,1-2H3,(H,36,37)(H,38,39). The van der Waals surface area contributed by atoms with E-state index in [0.717, 1.165) is 22.7 Å². The Morgan fingerprint density at radius 2 is 0.951 bits per heavy atom. The lowest BCUT2D eigenvalue weighted by molar-refractivity contribution is -0.254. The maximum atomic E-state index is 15.4. The van der Waals surface area contributed by atoms with Crippen LogP contribution in [0.5, 0.6) is 0 Å². The summed E-state index contributed by atoms with van der Waals surface area (Å²) in [7, 11) is 0. The largest absolute Gasteiger partial charge is 0.478 e. The fourth-order valence-corrected chi connectivity index (χ4v) is 6.22. The van der Waals surface area contributed by atoms with E-state index in [4.69, 9.17) is 10.2 Å². The lowest BCUT2D eigenvalue weighted by atomic mass is 10.0. The molecule has 2 aromatic heterocycles. The van der Waals surface area contributed by atoms with Gasteiger partial charge in [0.2, 0.25) is 0 Å². The number of aromatic nitrogens is 2. The van der Waals surface area contributed by atoms with Crippen LogP contribution in [-0.4, -0.2) is 49.9 Å². The summed E-state index contributed by atoms with van der Waals surface area (Å²) < 4.78 is 91.1. The summed E-state index contributed by atoms with van der Waals surface area (Å²) in [4.78, 5) is 30.3. The number of carboxylic acids is 2. The number of aryl methyl sites for hydroxylation is 2. The first kappa shape index (κ1) is 28.5. The van der Waals surface area contributed by atoms with Crippen molar-refractivity contribution in [1.82, 2.24) is 9.97 Å². The van der Waals surface area contributed by atoms with E-state index in [2.05, 4.69) is 9.97 Å². The first-order valence-corrected chi connectivity index (χ1v) is 13.2. The summed E-state index contributed by atoms with van der Waals surface area (Å²) in [6.07, 6.45) is 0. The van der Waals surface area contributed by atoms with Crippen LogP contribution in [0.1, 0.15) is 41.9 Å². The van der Waals surface area contributed by atoms with E-state index in [0.29, 0.717) is 0 Å². The molecule has 0 spiro atoms. The number of benzene rings is 2. The van der Waals surface area contributed by atoms with E-state index in [1.54, 1.807) is 0 Å². The van der Waals surface area contributed by atoms with Gasteiger partial charge >= 0.3 is 29.7 Å². The topological polar surface area (TPSA) is 100 Å². The highest BCUT2D eigenvalue weighted by molar-refractivity contribution is 7.15. The zero-order valence-corrected chi connectivity index (χ0v) is 22.4. The molecule has 0 fully saturated rings. The summed E-state index contributed by atoms with van der Waals surface area (Å²) in [5, 5.41) is 18.2. The van der Waals surface area contributed by atoms with E-state index in [-0.39, 0.29) is 42.0 Å². The van der Waals surface area contributed by atoms with Gasteiger partial charge in [-0.3, -0.25) is 0 Å². The molecule has 0 saturated heterocycles. The maximum Gasteiger partial charge on any atom is 0.380 e. The van der Waals surface area contributed by atoms with Crippen LogP contribution in [0, 0.1) is 13.8 Å². The minimum Gasteiger partial charge on any atom is -0.478 e. The van der Waals surface area contributed by atoms with Crippen LogP contribution < -0.4 is 0 Å². The number of carbonyl (C=O) groups is 2. The van der Waals surface area contributed by atoms with Crippen molar-refractivity contribution in [2.45, 2.75) is 31.6 Å². The van der Waals surface area contributed by atoms with Gasteiger partial charge in [0.25, 0.3) is 0 Å². The molecule has 0 atom stereocenters. The van der Waals surface area contributed by atoms with Crippen LogP contribution in [0.2, 0.25) is 0 Å². The Morgan fingerprint density at radius 1 is 0.634 bits per heavy atom. The fraction of sp³-hybridized carbons (Fsp3) is 0.185. The second-order valence-corrected chi connectivity index (χ2v) is 11.5. The first-order valence-electron chi connectivity index (χ1n) is 11.6. The molecule has 0 amide bonds. The van der Waals surface area contributed by atoms with Crippen molar-refractivity contribution in [2.75, 3.05) is 0 Å². The number of halogens is 6. The molecule has 0 aliphatic heterocycles. The number of hydrogen-bond donors (Lipinski definition) is 2. The third kappa shape index (κ3) is 4.32. The molecule has 212 valence electrons. The van der Waals surface area contributed by atoms with Gasteiger partial charge in [-0.15, -0.1) is 22.7 Å². The van der Waals surface area contributed by atoms with Gasteiger partial charge in [0, 0.05) is 20.9 Å². The number of thiazole rings is 2. The van der Waals surface area contributed by atoms with Crippen LogP contribution >= 0.6 is 22.7 Å². The predicted octanol–water partition coefficient (Wildman–Crippen LogP) is 7.78. The molecular formula is C27H16F6N2O4S2. The van der Waals surface area contributed by atoms with Gasteiger partial charge in [-0.25, -0.2) is 19.6 Å². The molecule has 2 aromatic carbocycles. The molecule has 0 bridgehead atoms. The summed E-state index contributed by atoms with van der Waals surface area (Å²) >= 11 is 1.59. The van der Waals surface area contributed by atoms with Crippen molar-refractivity contribution in [3.63, 3.8) is 0 Å². The van der Waals surface area contributed by atoms with Crippen LogP contribution in [0.3, 0.4) is 0 Å². The minimum absolute atomic E-state index is 0.0323. The van der Waals surface area contributed by atoms with Crippen molar-refractivity contribution in [2.24, 2.45) is 0 Å². The Morgan fingerprint density at radius 3 is 1.24 bits per heavy atom. The molecule has 41 heavy (non-hydrogen) atoms. The summed E-state index contributed by atoms with van der Waals surface area (Å²) in [5.74, 6) is -18.9. The third-order valence-electron chi connectivity index (χ3n) is 6.49. The Bertz CT molecular complexity index is 1620. The van der Waals surface area contributed by atoms with Gasteiger partial charge in [-0.1, -0.05) is 24.3 Å². The molecule has 2 heterocycles. The molecule has 6 nitrogen and oxygen atoms in total. The van der Waals surface area contributed by atoms with Crippen molar-refractivity contribution < 1.29 is 46.1 Å². The smallest absolute Gasteiger partial charge is 0.380 e. The van der Waals surface area contributed by atoms with Gasteiger partial charge in [0.15, 0.2) is 0 Å². The number of carboxylic acid groups (broad SMARTS) is 2. The second kappa shape index (κ2) is 9.52. The Kier molecular flexibility index (Phi) is 6.61. The predicted molar refractivity (Wildman–Crippen MR) is 140 cm³/mol. The number of nitrogens with zero attached hydrogens (tertiary/aromatic N) is 2. The zero-order chi connectivity index (χ0) is 30.1. The van der Waals surface area contributed by atoms with E-state index >= 15 is 17.6 Å². The van der Waals surface area contributed by atoms with Crippen molar-refractivity contribution in [1.29, 1.82) is 0 Å². The molecule has 14 heteroatoms. The van der Waals surface area contributed by atoms with Crippen molar-refractivity contribution in [3.05, 3.63) is 80.8 Å². The van der Waals surface area contributed by atoms with Gasteiger partial charge < -0.3 is 10.2 Å². The molecule has 4 aromatic rings. The lowest BCUT2D eigenvalue weighted by Crippen LogP contribution is -2.49. The van der Waals surface area contributed by atoms with Crippen LogP contribution in [0.25, 0.3) is 32.3 Å². The Balaban J connectivity index is 1.70. The van der Waals surface area contributed by atoms with E-state index < -0.39 is 52.2 Å².